The van der Waals surface area contributed by atoms with E-state index in [1.807, 2.05) is 18.2 Å². The zero-order valence-corrected chi connectivity index (χ0v) is 11.0. The van der Waals surface area contributed by atoms with Crippen molar-refractivity contribution < 1.29 is 4.74 Å². The minimum Gasteiger partial charge on any atom is -0.492 e. The zero-order valence-electron chi connectivity index (χ0n) is 11.0. The third-order valence-corrected chi connectivity index (χ3v) is 3.63. The lowest BCUT2D eigenvalue weighted by molar-refractivity contribution is 0.276. The van der Waals surface area contributed by atoms with E-state index in [-0.39, 0.29) is 6.04 Å². The Labute approximate surface area is 114 Å². The fourth-order valence-electron chi connectivity index (χ4n) is 2.23. The molecule has 0 aromatic heterocycles. The van der Waals surface area contributed by atoms with Gasteiger partial charge in [0, 0.05) is 6.04 Å². The summed E-state index contributed by atoms with van der Waals surface area (Å²) >= 11 is 0. The second kappa shape index (κ2) is 5.45. The van der Waals surface area contributed by atoms with Gasteiger partial charge in [-0.3, -0.25) is 0 Å². The van der Waals surface area contributed by atoms with Gasteiger partial charge in [-0.15, -0.1) is 0 Å². The first-order valence-electron chi connectivity index (χ1n) is 6.87. The molecule has 2 heteroatoms. The number of rotatable bonds is 5. The van der Waals surface area contributed by atoms with Crippen LogP contribution in [0.5, 0.6) is 5.75 Å². The minimum atomic E-state index is 0.189. The standard InChI is InChI=1S/C17H19NO/c18-17(15-6-7-15)12-19-16-10-8-14(9-11-16)13-4-2-1-3-5-13/h1-5,8-11,15,17H,6-7,12,18H2. The quantitative estimate of drug-likeness (QED) is 0.885. The van der Waals surface area contributed by atoms with E-state index in [1.165, 1.54) is 24.0 Å². The lowest BCUT2D eigenvalue weighted by atomic mass is 10.1. The molecule has 19 heavy (non-hydrogen) atoms. The van der Waals surface area contributed by atoms with Gasteiger partial charge in [-0.25, -0.2) is 0 Å². The molecule has 1 aliphatic rings. The summed E-state index contributed by atoms with van der Waals surface area (Å²) in [5.41, 5.74) is 8.46. The topological polar surface area (TPSA) is 35.2 Å². The van der Waals surface area contributed by atoms with Crippen LogP contribution in [0.3, 0.4) is 0 Å². The van der Waals surface area contributed by atoms with E-state index in [0.29, 0.717) is 12.5 Å². The molecule has 1 aliphatic carbocycles. The van der Waals surface area contributed by atoms with Gasteiger partial charge >= 0.3 is 0 Å². The molecular formula is C17H19NO. The molecule has 0 spiro atoms. The molecule has 0 bridgehead atoms. The van der Waals surface area contributed by atoms with Gasteiger partial charge in [-0.1, -0.05) is 42.5 Å². The van der Waals surface area contributed by atoms with E-state index in [9.17, 15) is 0 Å². The van der Waals surface area contributed by atoms with Gasteiger partial charge in [0.05, 0.1) is 0 Å². The predicted molar refractivity (Wildman–Crippen MR) is 78.1 cm³/mol. The van der Waals surface area contributed by atoms with Crippen molar-refractivity contribution in [2.24, 2.45) is 11.7 Å². The van der Waals surface area contributed by atoms with Crippen molar-refractivity contribution in [3.63, 3.8) is 0 Å². The maximum absolute atomic E-state index is 6.02. The van der Waals surface area contributed by atoms with Crippen LogP contribution in [0.2, 0.25) is 0 Å². The van der Waals surface area contributed by atoms with Gasteiger partial charge in [-0.2, -0.15) is 0 Å². The molecule has 0 saturated heterocycles. The first-order valence-corrected chi connectivity index (χ1v) is 6.87. The van der Waals surface area contributed by atoms with Crippen LogP contribution in [0.4, 0.5) is 0 Å². The van der Waals surface area contributed by atoms with E-state index in [2.05, 4.69) is 36.4 Å². The molecule has 1 unspecified atom stereocenters. The Hall–Kier alpha value is -1.80. The van der Waals surface area contributed by atoms with Crippen molar-refractivity contribution in [3.8, 4) is 16.9 Å². The Balaban J connectivity index is 1.62. The van der Waals surface area contributed by atoms with Crippen LogP contribution in [0.1, 0.15) is 12.8 Å². The molecule has 0 radical (unpaired) electrons. The SMILES string of the molecule is NC(COc1ccc(-c2ccccc2)cc1)C1CC1. The average Bonchev–Trinajstić information content (AvgIpc) is 3.31. The van der Waals surface area contributed by atoms with Crippen molar-refractivity contribution in [2.75, 3.05) is 6.61 Å². The number of hydrogen-bond donors (Lipinski definition) is 1. The molecule has 2 N–H and O–H groups in total. The van der Waals surface area contributed by atoms with Gasteiger partial charge in [0.15, 0.2) is 0 Å². The largest absolute Gasteiger partial charge is 0.492 e. The lowest BCUT2D eigenvalue weighted by Crippen LogP contribution is -2.29. The number of benzene rings is 2. The van der Waals surface area contributed by atoms with Gasteiger partial charge in [0.2, 0.25) is 0 Å². The van der Waals surface area contributed by atoms with Crippen molar-refractivity contribution >= 4 is 0 Å². The number of ether oxygens (including phenoxy) is 1. The Morgan fingerprint density at radius 3 is 2.21 bits per heavy atom. The van der Waals surface area contributed by atoms with Crippen molar-refractivity contribution in [1.29, 1.82) is 0 Å². The molecule has 1 saturated carbocycles. The second-order valence-corrected chi connectivity index (χ2v) is 5.20. The summed E-state index contributed by atoms with van der Waals surface area (Å²) in [5, 5.41) is 0. The summed E-state index contributed by atoms with van der Waals surface area (Å²) < 4.78 is 5.73. The minimum absolute atomic E-state index is 0.189. The fraction of sp³-hybridized carbons (Fsp3) is 0.294. The monoisotopic (exact) mass is 253 g/mol. The Morgan fingerprint density at radius 2 is 1.58 bits per heavy atom. The van der Waals surface area contributed by atoms with E-state index in [0.717, 1.165) is 5.75 Å². The third kappa shape index (κ3) is 3.15. The van der Waals surface area contributed by atoms with E-state index in [4.69, 9.17) is 10.5 Å². The van der Waals surface area contributed by atoms with E-state index in [1.54, 1.807) is 0 Å². The maximum Gasteiger partial charge on any atom is 0.119 e. The summed E-state index contributed by atoms with van der Waals surface area (Å²) in [6.07, 6.45) is 2.52. The summed E-state index contributed by atoms with van der Waals surface area (Å²) in [5.74, 6) is 1.58. The highest BCUT2D eigenvalue weighted by Crippen LogP contribution is 2.31. The highest BCUT2D eigenvalue weighted by Gasteiger charge is 2.28. The first kappa shape index (κ1) is 12.2. The fourth-order valence-corrected chi connectivity index (χ4v) is 2.23. The van der Waals surface area contributed by atoms with Crippen LogP contribution in [0, 0.1) is 5.92 Å². The van der Waals surface area contributed by atoms with Crippen molar-refractivity contribution in [1.82, 2.24) is 0 Å². The van der Waals surface area contributed by atoms with Crippen LogP contribution in [-0.4, -0.2) is 12.6 Å². The molecule has 2 aromatic rings. The highest BCUT2D eigenvalue weighted by molar-refractivity contribution is 5.63. The number of nitrogens with two attached hydrogens (primary N) is 1. The van der Waals surface area contributed by atoms with Crippen LogP contribution >= 0.6 is 0 Å². The third-order valence-electron chi connectivity index (χ3n) is 3.63. The van der Waals surface area contributed by atoms with Crippen LogP contribution in [-0.2, 0) is 0 Å². The molecule has 3 rings (SSSR count). The van der Waals surface area contributed by atoms with Crippen molar-refractivity contribution in [2.45, 2.75) is 18.9 Å². The number of hydrogen-bond acceptors (Lipinski definition) is 2. The van der Waals surface area contributed by atoms with Gasteiger partial charge < -0.3 is 10.5 Å². The van der Waals surface area contributed by atoms with Crippen LogP contribution < -0.4 is 10.5 Å². The molecule has 0 aliphatic heterocycles. The van der Waals surface area contributed by atoms with Gasteiger partial charge in [0.25, 0.3) is 0 Å². The average molecular weight is 253 g/mol. The van der Waals surface area contributed by atoms with Crippen molar-refractivity contribution in [3.05, 3.63) is 54.6 Å². The smallest absolute Gasteiger partial charge is 0.119 e. The summed E-state index contributed by atoms with van der Waals surface area (Å²) in [4.78, 5) is 0. The lowest BCUT2D eigenvalue weighted by Gasteiger charge is -2.12. The molecule has 1 atom stereocenters. The molecule has 0 amide bonds. The highest BCUT2D eigenvalue weighted by atomic mass is 16.5. The van der Waals surface area contributed by atoms with Gasteiger partial charge in [-0.05, 0) is 42.0 Å². The molecule has 98 valence electrons. The Morgan fingerprint density at radius 1 is 0.947 bits per heavy atom. The van der Waals surface area contributed by atoms with Crippen LogP contribution in [0.15, 0.2) is 54.6 Å². The summed E-state index contributed by atoms with van der Waals surface area (Å²) in [6, 6.07) is 18.7. The molecular weight excluding hydrogens is 234 g/mol. The van der Waals surface area contributed by atoms with Gasteiger partial charge in [0.1, 0.15) is 12.4 Å². The second-order valence-electron chi connectivity index (χ2n) is 5.20. The molecule has 1 fully saturated rings. The molecule has 2 aromatic carbocycles. The first-order chi connectivity index (χ1) is 9.33. The Kier molecular flexibility index (Phi) is 3.51. The maximum atomic E-state index is 6.02. The van der Waals surface area contributed by atoms with Crippen LogP contribution in [0.25, 0.3) is 11.1 Å². The van der Waals surface area contributed by atoms with E-state index < -0.39 is 0 Å². The molecule has 0 heterocycles. The van der Waals surface area contributed by atoms with E-state index >= 15 is 0 Å². The molecule has 2 nitrogen and oxygen atoms in total. The predicted octanol–water partition coefficient (Wildman–Crippen LogP) is 3.47. The normalized spacial score (nSPS) is 16.1. The zero-order chi connectivity index (χ0) is 13.1. The summed E-state index contributed by atoms with van der Waals surface area (Å²) in [6.45, 7) is 0.620. The Bertz CT molecular complexity index is 517. The summed E-state index contributed by atoms with van der Waals surface area (Å²) in [7, 11) is 0.